The number of aryl methyl sites for hydroxylation is 1. The molecule has 2 N–H and O–H groups in total. The van der Waals surface area contributed by atoms with Gasteiger partial charge in [0.2, 0.25) is 5.95 Å². The summed E-state index contributed by atoms with van der Waals surface area (Å²) in [7, 11) is 1.91. The average Bonchev–Trinajstić information content (AvgIpc) is 3.37. The molecule has 28 heavy (non-hydrogen) atoms. The molecule has 0 atom stereocenters. The largest absolute Gasteiger partial charge is 0.352 e. The quantitative estimate of drug-likeness (QED) is 0.504. The highest BCUT2D eigenvalue weighted by Crippen LogP contribution is 2.31. The number of pyridine rings is 1. The molecular formula is C20H20N8. The fraction of sp³-hybridized carbons (Fsp3) is 0.200. The molecule has 0 bridgehead atoms. The van der Waals surface area contributed by atoms with E-state index in [2.05, 4.69) is 56.4 Å². The number of aromatic nitrogens is 7. The van der Waals surface area contributed by atoms with Crippen LogP contribution >= 0.6 is 0 Å². The number of hydrogen-bond donors (Lipinski definition) is 2. The molecule has 5 aromatic rings. The maximum Gasteiger partial charge on any atom is 0.224 e. The molecule has 5 rings (SSSR count). The number of nitrogens with zero attached hydrogens (tertiary/aromatic N) is 6. The van der Waals surface area contributed by atoms with Crippen LogP contribution in [0.5, 0.6) is 0 Å². The minimum atomic E-state index is 0.280. The second-order valence-electron chi connectivity index (χ2n) is 7.16. The minimum absolute atomic E-state index is 0.280. The smallest absolute Gasteiger partial charge is 0.224 e. The maximum absolute atomic E-state index is 4.58. The highest BCUT2D eigenvalue weighted by atomic mass is 15.2. The molecule has 8 nitrogen and oxygen atoms in total. The van der Waals surface area contributed by atoms with E-state index in [1.54, 1.807) is 4.68 Å². The lowest BCUT2D eigenvalue weighted by molar-refractivity contribution is 0.768. The van der Waals surface area contributed by atoms with Crippen LogP contribution in [-0.2, 0) is 7.05 Å². The minimum Gasteiger partial charge on any atom is -0.352 e. The molecule has 140 valence electrons. The van der Waals surface area contributed by atoms with Crippen LogP contribution < -0.4 is 5.32 Å². The predicted octanol–water partition coefficient (Wildman–Crippen LogP) is 3.49. The lowest BCUT2D eigenvalue weighted by Gasteiger charge is -2.07. The predicted molar refractivity (Wildman–Crippen MR) is 109 cm³/mol. The van der Waals surface area contributed by atoms with E-state index in [4.69, 9.17) is 0 Å². The standard InChI is InChI=1S/C20H20N8/c1-12(2)25-20-22-9-17-15(8-21-19(17)26-20)13-4-5-28-18(6-13)16(10-24-28)14-7-23-27(3)11-14/h4-12H,1-3H3,(H2,21,22,25,26). The zero-order valence-electron chi connectivity index (χ0n) is 15.9. The van der Waals surface area contributed by atoms with Gasteiger partial charge in [0.05, 0.1) is 17.9 Å². The Morgan fingerprint density at radius 1 is 1.07 bits per heavy atom. The highest BCUT2D eigenvalue weighted by Gasteiger charge is 2.13. The molecule has 0 amide bonds. The van der Waals surface area contributed by atoms with Gasteiger partial charge in [0, 0.05) is 60.0 Å². The fourth-order valence-corrected chi connectivity index (χ4v) is 3.40. The molecule has 0 aliphatic carbocycles. The van der Waals surface area contributed by atoms with Crippen LogP contribution in [-0.4, -0.2) is 40.4 Å². The van der Waals surface area contributed by atoms with Gasteiger partial charge in [0.1, 0.15) is 5.65 Å². The van der Waals surface area contributed by atoms with Crippen LogP contribution in [0.15, 0.2) is 49.3 Å². The van der Waals surface area contributed by atoms with Crippen molar-refractivity contribution in [1.82, 2.24) is 34.3 Å². The highest BCUT2D eigenvalue weighted by molar-refractivity contribution is 5.95. The molecule has 0 spiro atoms. The van der Waals surface area contributed by atoms with Gasteiger partial charge in [-0.05, 0) is 31.5 Å². The summed E-state index contributed by atoms with van der Waals surface area (Å²) in [5.74, 6) is 0.626. The first kappa shape index (κ1) is 16.5. The van der Waals surface area contributed by atoms with E-state index < -0.39 is 0 Å². The Kier molecular flexibility index (Phi) is 3.65. The molecule has 0 saturated carbocycles. The second-order valence-corrected chi connectivity index (χ2v) is 7.16. The summed E-state index contributed by atoms with van der Waals surface area (Å²) in [5, 5.41) is 13.0. The summed E-state index contributed by atoms with van der Waals surface area (Å²) >= 11 is 0. The molecule has 5 heterocycles. The summed E-state index contributed by atoms with van der Waals surface area (Å²) in [6, 6.07) is 4.47. The summed E-state index contributed by atoms with van der Waals surface area (Å²) < 4.78 is 3.67. The van der Waals surface area contributed by atoms with E-state index in [1.165, 1.54) is 0 Å². The van der Waals surface area contributed by atoms with Gasteiger partial charge < -0.3 is 10.3 Å². The first-order valence-corrected chi connectivity index (χ1v) is 9.16. The number of aromatic amines is 1. The van der Waals surface area contributed by atoms with E-state index >= 15 is 0 Å². The summed E-state index contributed by atoms with van der Waals surface area (Å²) in [4.78, 5) is 12.3. The van der Waals surface area contributed by atoms with Crippen molar-refractivity contribution in [3.05, 3.63) is 49.3 Å². The Hall–Kier alpha value is -3.68. The molecule has 0 aliphatic rings. The van der Waals surface area contributed by atoms with Crippen LogP contribution in [0.4, 0.5) is 5.95 Å². The van der Waals surface area contributed by atoms with Crippen molar-refractivity contribution >= 4 is 22.5 Å². The van der Waals surface area contributed by atoms with Crippen molar-refractivity contribution in [3.8, 4) is 22.3 Å². The molecule has 0 aliphatic heterocycles. The monoisotopic (exact) mass is 372 g/mol. The molecule has 0 saturated heterocycles. The SMILES string of the molecule is CC(C)Nc1ncc2c(-c3ccn4ncc(-c5cnn(C)c5)c4c3)c[nH]c2n1. The third kappa shape index (κ3) is 2.70. The van der Waals surface area contributed by atoms with Crippen molar-refractivity contribution in [1.29, 1.82) is 0 Å². The molecule has 0 radical (unpaired) electrons. The van der Waals surface area contributed by atoms with Gasteiger partial charge in [-0.2, -0.15) is 15.2 Å². The Morgan fingerprint density at radius 2 is 1.96 bits per heavy atom. The number of anilines is 1. The van der Waals surface area contributed by atoms with Crippen molar-refractivity contribution in [2.45, 2.75) is 19.9 Å². The van der Waals surface area contributed by atoms with Gasteiger partial charge in [0.25, 0.3) is 0 Å². The number of nitrogens with one attached hydrogen (secondary N) is 2. The summed E-state index contributed by atoms with van der Waals surface area (Å²) in [6.07, 6.45) is 11.5. The third-order valence-electron chi connectivity index (χ3n) is 4.70. The van der Waals surface area contributed by atoms with Gasteiger partial charge in [-0.15, -0.1) is 0 Å². The van der Waals surface area contributed by atoms with E-state index in [0.717, 1.165) is 38.8 Å². The van der Waals surface area contributed by atoms with Gasteiger partial charge in [-0.1, -0.05) is 0 Å². The van der Waals surface area contributed by atoms with E-state index in [1.807, 2.05) is 48.7 Å². The lowest BCUT2D eigenvalue weighted by atomic mass is 10.1. The number of rotatable bonds is 4. The van der Waals surface area contributed by atoms with Gasteiger partial charge in [-0.3, -0.25) is 4.68 Å². The molecule has 5 aromatic heterocycles. The van der Waals surface area contributed by atoms with E-state index in [9.17, 15) is 0 Å². The lowest BCUT2D eigenvalue weighted by Crippen LogP contribution is -2.12. The zero-order chi connectivity index (χ0) is 19.3. The van der Waals surface area contributed by atoms with Gasteiger partial charge in [-0.25, -0.2) is 9.50 Å². The first-order chi connectivity index (χ1) is 13.6. The third-order valence-corrected chi connectivity index (χ3v) is 4.70. The van der Waals surface area contributed by atoms with Gasteiger partial charge >= 0.3 is 0 Å². The second kappa shape index (κ2) is 6.19. The number of hydrogen-bond acceptors (Lipinski definition) is 5. The summed E-state index contributed by atoms with van der Waals surface area (Å²) in [5.41, 5.74) is 6.08. The normalized spacial score (nSPS) is 11.7. The van der Waals surface area contributed by atoms with Crippen molar-refractivity contribution in [2.75, 3.05) is 5.32 Å². The van der Waals surface area contributed by atoms with Gasteiger partial charge in [0.15, 0.2) is 0 Å². The van der Waals surface area contributed by atoms with Crippen LogP contribution in [0.1, 0.15) is 13.8 Å². The fourth-order valence-electron chi connectivity index (χ4n) is 3.40. The van der Waals surface area contributed by atoms with Crippen LogP contribution in [0.25, 0.3) is 38.8 Å². The van der Waals surface area contributed by atoms with Crippen LogP contribution in [0.2, 0.25) is 0 Å². The zero-order valence-corrected chi connectivity index (χ0v) is 15.9. The average molecular weight is 372 g/mol. The molecule has 8 heteroatoms. The van der Waals surface area contributed by atoms with E-state index in [-0.39, 0.29) is 6.04 Å². The van der Waals surface area contributed by atoms with Crippen LogP contribution in [0, 0.1) is 0 Å². The molecule has 0 aromatic carbocycles. The number of fused-ring (bicyclic) bond motifs is 2. The Bertz CT molecular complexity index is 1290. The van der Waals surface area contributed by atoms with Crippen LogP contribution in [0.3, 0.4) is 0 Å². The first-order valence-electron chi connectivity index (χ1n) is 9.16. The van der Waals surface area contributed by atoms with E-state index in [0.29, 0.717) is 5.95 Å². The number of H-pyrrole nitrogens is 1. The maximum atomic E-state index is 4.58. The Labute approximate surface area is 161 Å². The van der Waals surface area contributed by atoms with Crippen molar-refractivity contribution in [3.63, 3.8) is 0 Å². The summed E-state index contributed by atoms with van der Waals surface area (Å²) in [6.45, 7) is 4.13. The van der Waals surface area contributed by atoms with Crippen molar-refractivity contribution < 1.29 is 0 Å². The topological polar surface area (TPSA) is 88.7 Å². The Balaban J connectivity index is 1.61. The molecular weight excluding hydrogens is 352 g/mol. The van der Waals surface area contributed by atoms with Crippen molar-refractivity contribution in [2.24, 2.45) is 7.05 Å². The molecule has 0 unspecified atom stereocenters. The Morgan fingerprint density at radius 3 is 2.75 bits per heavy atom. The molecule has 0 fully saturated rings.